The zero-order valence-electron chi connectivity index (χ0n) is 11.8. The van der Waals surface area contributed by atoms with E-state index in [1.807, 2.05) is 42.5 Å². The third kappa shape index (κ3) is 3.03. The molecule has 0 atom stereocenters. The molecular formula is C18H18N2O. The lowest BCUT2D eigenvalue weighted by Crippen LogP contribution is -2.07. The highest BCUT2D eigenvalue weighted by Gasteiger charge is 2.05. The summed E-state index contributed by atoms with van der Waals surface area (Å²) >= 11 is 0. The van der Waals surface area contributed by atoms with Gasteiger partial charge in [0.15, 0.2) is 0 Å². The van der Waals surface area contributed by atoms with Gasteiger partial charge in [0.25, 0.3) is 0 Å². The van der Waals surface area contributed by atoms with E-state index >= 15 is 0 Å². The summed E-state index contributed by atoms with van der Waals surface area (Å²) in [6, 6.07) is 18.2. The second kappa shape index (κ2) is 6.37. The normalized spacial score (nSPS) is 10.7. The SMILES string of the molecule is NCCc1ccccc1COc1cccc2cccnc12. The molecule has 0 spiro atoms. The zero-order valence-corrected chi connectivity index (χ0v) is 11.8. The number of aromatic nitrogens is 1. The highest BCUT2D eigenvalue weighted by Crippen LogP contribution is 2.24. The van der Waals surface area contributed by atoms with Crippen LogP contribution < -0.4 is 10.5 Å². The molecule has 3 rings (SSSR count). The van der Waals surface area contributed by atoms with Crippen LogP contribution in [0.2, 0.25) is 0 Å². The van der Waals surface area contributed by atoms with Gasteiger partial charge < -0.3 is 10.5 Å². The number of hydrogen-bond donors (Lipinski definition) is 1. The van der Waals surface area contributed by atoms with E-state index in [1.54, 1.807) is 6.20 Å². The van der Waals surface area contributed by atoms with Gasteiger partial charge in [-0.2, -0.15) is 0 Å². The molecule has 0 fully saturated rings. The van der Waals surface area contributed by atoms with Crippen LogP contribution in [-0.4, -0.2) is 11.5 Å². The minimum atomic E-state index is 0.534. The van der Waals surface area contributed by atoms with Gasteiger partial charge in [0, 0.05) is 11.6 Å². The molecule has 3 nitrogen and oxygen atoms in total. The van der Waals surface area contributed by atoms with Gasteiger partial charge in [0.2, 0.25) is 0 Å². The number of nitrogens with zero attached hydrogens (tertiary/aromatic N) is 1. The molecule has 0 amide bonds. The van der Waals surface area contributed by atoms with Crippen molar-refractivity contribution >= 4 is 10.9 Å². The van der Waals surface area contributed by atoms with Gasteiger partial charge in [-0.1, -0.05) is 42.5 Å². The first-order valence-corrected chi connectivity index (χ1v) is 7.12. The average molecular weight is 278 g/mol. The summed E-state index contributed by atoms with van der Waals surface area (Å²) in [5.74, 6) is 0.815. The summed E-state index contributed by atoms with van der Waals surface area (Å²) < 4.78 is 5.99. The number of nitrogens with two attached hydrogens (primary N) is 1. The maximum Gasteiger partial charge on any atom is 0.146 e. The number of ether oxygens (including phenoxy) is 1. The molecule has 1 aromatic heterocycles. The summed E-state index contributed by atoms with van der Waals surface area (Å²) in [5.41, 5.74) is 8.98. The predicted molar refractivity (Wildman–Crippen MR) is 85.3 cm³/mol. The first kappa shape index (κ1) is 13.6. The highest BCUT2D eigenvalue weighted by molar-refractivity contribution is 5.84. The molecular weight excluding hydrogens is 260 g/mol. The van der Waals surface area contributed by atoms with E-state index in [0.717, 1.165) is 23.1 Å². The minimum Gasteiger partial charge on any atom is -0.487 e. The predicted octanol–water partition coefficient (Wildman–Crippen LogP) is 3.32. The third-order valence-corrected chi connectivity index (χ3v) is 3.51. The van der Waals surface area contributed by atoms with Crippen LogP contribution in [0.5, 0.6) is 5.75 Å². The molecule has 0 unspecified atom stereocenters. The van der Waals surface area contributed by atoms with Gasteiger partial charge in [-0.15, -0.1) is 0 Å². The first-order chi connectivity index (χ1) is 10.4. The van der Waals surface area contributed by atoms with Crippen molar-refractivity contribution in [3.05, 3.63) is 71.9 Å². The lowest BCUT2D eigenvalue weighted by atomic mass is 10.1. The van der Waals surface area contributed by atoms with E-state index in [4.69, 9.17) is 10.5 Å². The Bertz CT molecular complexity index is 735. The van der Waals surface area contributed by atoms with E-state index < -0.39 is 0 Å². The van der Waals surface area contributed by atoms with Crippen molar-refractivity contribution in [2.24, 2.45) is 5.73 Å². The van der Waals surface area contributed by atoms with Crippen LogP contribution in [-0.2, 0) is 13.0 Å². The molecule has 0 aliphatic rings. The Hall–Kier alpha value is -2.39. The Morgan fingerprint density at radius 3 is 2.57 bits per heavy atom. The van der Waals surface area contributed by atoms with E-state index in [9.17, 15) is 0 Å². The smallest absolute Gasteiger partial charge is 0.146 e. The lowest BCUT2D eigenvalue weighted by molar-refractivity contribution is 0.308. The number of pyridine rings is 1. The second-order valence-electron chi connectivity index (χ2n) is 4.93. The van der Waals surface area contributed by atoms with Crippen molar-refractivity contribution < 1.29 is 4.74 Å². The number of rotatable bonds is 5. The summed E-state index contributed by atoms with van der Waals surface area (Å²) in [7, 11) is 0. The van der Waals surface area contributed by atoms with Gasteiger partial charge in [-0.25, -0.2) is 0 Å². The maximum absolute atomic E-state index is 5.99. The molecule has 2 N–H and O–H groups in total. The molecule has 0 bridgehead atoms. The maximum atomic E-state index is 5.99. The van der Waals surface area contributed by atoms with Gasteiger partial charge in [0.1, 0.15) is 17.9 Å². The quantitative estimate of drug-likeness (QED) is 0.779. The van der Waals surface area contributed by atoms with Crippen LogP contribution in [0.25, 0.3) is 10.9 Å². The zero-order chi connectivity index (χ0) is 14.5. The molecule has 0 saturated heterocycles. The van der Waals surface area contributed by atoms with Gasteiger partial charge >= 0.3 is 0 Å². The molecule has 3 heteroatoms. The number of fused-ring (bicyclic) bond motifs is 1. The van der Waals surface area contributed by atoms with Crippen LogP contribution in [0.3, 0.4) is 0 Å². The Morgan fingerprint density at radius 1 is 0.905 bits per heavy atom. The van der Waals surface area contributed by atoms with Crippen molar-refractivity contribution in [2.75, 3.05) is 6.54 Å². The van der Waals surface area contributed by atoms with Crippen LogP contribution in [0.15, 0.2) is 60.8 Å². The summed E-state index contributed by atoms with van der Waals surface area (Å²) in [4.78, 5) is 4.41. The average Bonchev–Trinajstić information content (AvgIpc) is 2.54. The monoisotopic (exact) mass is 278 g/mol. The van der Waals surface area contributed by atoms with Gasteiger partial charge in [0.05, 0.1) is 0 Å². The molecule has 106 valence electrons. The number of hydrogen-bond acceptors (Lipinski definition) is 3. The van der Waals surface area contributed by atoms with Crippen LogP contribution in [0.1, 0.15) is 11.1 Å². The largest absolute Gasteiger partial charge is 0.487 e. The van der Waals surface area contributed by atoms with Crippen molar-refractivity contribution in [3.8, 4) is 5.75 Å². The minimum absolute atomic E-state index is 0.534. The lowest BCUT2D eigenvalue weighted by Gasteiger charge is -2.11. The van der Waals surface area contributed by atoms with Crippen LogP contribution >= 0.6 is 0 Å². The summed E-state index contributed by atoms with van der Waals surface area (Å²) in [5, 5.41) is 1.09. The topological polar surface area (TPSA) is 48.1 Å². The van der Waals surface area contributed by atoms with Crippen LogP contribution in [0.4, 0.5) is 0 Å². The number of para-hydroxylation sites is 1. The molecule has 0 aliphatic heterocycles. The standard InChI is InChI=1S/C18H18N2O/c19-11-10-14-5-1-2-6-16(14)13-21-17-9-3-7-15-8-4-12-20-18(15)17/h1-9,12H,10-11,13,19H2. The summed E-state index contributed by atoms with van der Waals surface area (Å²) in [6.45, 7) is 1.18. The van der Waals surface area contributed by atoms with Crippen molar-refractivity contribution in [3.63, 3.8) is 0 Å². The molecule has 3 aromatic rings. The molecule has 21 heavy (non-hydrogen) atoms. The highest BCUT2D eigenvalue weighted by atomic mass is 16.5. The molecule has 0 aliphatic carbocycles. The van der Waals surface area contributed by atoms with Crippen LogP contribution in [0, 0.1) is 0 Å². The molecule has 0 radical (unpaired) electrons. The first-order valence-electron chi connectivity index (χ1n) is 7.12. The Kier molecular flexibility index (Phi) is 4.12. The fraction of sp³-hybridized carbons (Fsp3) is 0.167. The summed E-state index contributed by atoms with van der Waals surface area (Å²) in [6.07, 6.45) is 2.66. The molecule has 1 heterocycles. The number of benzene rings is 2. The fourth-order valence-corrected chi connectivity index (χ4v) is 2.45. The van der Waals surface area contributed by atoms with Crippen molar-refractivity contribution in [1.82, 2.24) is 4.98 Å². The Labute approximate surface area is 124 Å². The van der Waals surface area contributed by atoms with E-state index in [2.05, 4.69) is 17.1 Å². The van der Waals surface area contributed by atoms with Gasteiger partial charge in [-0.3, -0.25) is 4.98 Å². The van der Waals surface area contributed by atoms with E-state index in [-0.39, 0.29) is 0 Å². The fourth-order valence-electron chi connectivity index (χ4n) is 2.45. The second-order valence-corrected chi connectivity index (χ2v) is 4.93. The molecule has 2 aromatic carbocycles. The van der Waals surface area contributed by atoms with E-state index in [1.165, 1.54) is 11.1 Å². The Balaban J connectivity index is 1.84. The Morgan fingerprint density at radius 2 is 1.71 bits per heavy atom. The van der Waals surface area contributed by atoms with E-state index in [0.29, 0.717) is 13.2 Å². The molecule has 0 saturated carbocycles. The van der Waals surface area contributed by atoms with Crippen molar-refractivity contribution in [2.45, 2.75) is 13.0 Å². The van der Waals surface area contributed by atoms with Crippen molar-refractivity contribution in [1.29, 1.82) is 0 Å². The third-order valence-electron chi connectivity index (χ3n) is 3.51. The van der Waals surface area contributed by atoms with Gasteiger partial charge in [-0.05, 0) is 36.2 Å².